The summed E-state index contributed by atoms with van der Waals surface area (Å²) in [6.45, 7) is 6.55. The van der Waals surface area contributed by atoms with Crippen molar-refractivity contribution in [2.75, 3.05) is 13.3 Å². The normalized spacial score (nSPS) is 30.2. The predicted molar refractivity (Wildman–Crippen MR) is 95.5 cm³/mol. The molecule has 1 saturated heterocycles. The van der Waals surface area contributed by atoms with Gasteiger partial charge in [-0.25, -0.2) is 4.79 Å². The number of carbonyl (C=O) groups excluding carboxylic acids is 1. The van der Waals surface area contributed by atoms with E-state index in [0.29, 0.717) is 19.4 Å². The van der Waals surface area contributed by atoms with E-state index in [1.807, 2.05) is 43.9 Å². The van der Waals surface area contributed by atoms with Crippen molar-refractivity contribution in [2.24, 2.45) is 0 Å². The largest absolute Gasteiger partial charge is 0.454 e. The van der Waals surface area contributed by atoms with Crippen molar-refractivity contribution >= 4 is 6.09 Å². The summed E-state index contributed by atoms with van der Waals surface area (Å²) in [6, 6.07) is 5.95. The molecule has 2 fully saturated rings. The molecule has 1 saturated carbocycles. The number of hydrogen-bond donors (Lipinski definition) is 1. The van der Waals surface area contributed by atoms with Gasteiger partial charge in [0.1, 0.15) is 5.60 Å². The Kier molecular flexibility index (Phi) is 4.06. The molecule has 1 N–H and O–H groups in total. The number of amides is 1. The molecule has 3 atom stereocenters. The van der Waals surface area contributed by atoms with Gasteiger partial charge < -0.3 is 24.2 Å². The number of hydrogen-bond acceptors (Lipinski definition) is 5. The van der Waals surface area contributed by atoms with Crippen LogP contribution in [-0.2, 0) is 4.74 Å². The van der Waals surface area contributed by atoms with E-state index in [9.17, 15) is 9.90 Å². The maximum Gasteiger partial charge on any atom is 0.410 e. The zero-order valence-corrected chi connectivity index (χ0v) is 15.7. The van der Waals surface area contributed by atoms with Gasteiger partial charge in [-0.15, -0.1) is 0 Å². The number of benzene rings is 1. The smallest absolute Gasteiger partial charge is 0.410 e. The highest BCUT2D eigenvalue weighted by atomic mass is 16.7. The number of nitrogens with zero attached hydrogens (tertiary/aromatic N) is 1. The lowest BCUT2D eigenvalue weighted by Gasteiger charge is -2.40. The molecule has 2 aliphatic heterocycles. The van der Waals surface area contributed by atoms with E-state index >= 15 is 0 Å². The highest BCUT2D eigenvalue weighted by molar-refractivity contribution is 5.70. The fourth-order valence-corrected chi connectivity index (χ4v) is 4.77. The Hall–Kier alpha value is -1.95. The number of ether oxygens (including phenoxy) is 3. The number of likely N-dealkylation sites (tertiary alicyclic amines) is 1. The standard InChI is InChI=1S/C20H27NO5/c1-19(2,3)26-18(23)21-8-4-7-20(21)11-14(22)10-15(20)13-5-6-16-17(9-13)25-12-24-16/h5-6,9,14-15,22H,4,7-8,10-12H2,1-3H3/t14-,15-,20-/m0/s1. The molecule has 4 rings (SSSR count). The molecular weight excluding hydrogens is 334 g/mol. The topological polar surface area (TPSA) is 68.2 Å². The van der Waals surface area contributed by atoms with Gasteiger partial charge in [0.25, 0.3) is 0 Å². The third kappa shape index (κ3) is 2.90. The summed E-state index contributed by atoms with van der Waals surface area (Å²) in [5.41, 5.74) is 0.156. The van der Waals surface area contributed by atoms with Gasteiger partial charge in [-0.2, -0.15) is 0 Å². The molecule has 0 bridgehead atoms. The first-order valence-corrected chi connectivity index (χ1v) is 9.37. The molecule has 3 aliphatic rings. The van der Waals surface area contributed by atoms with Crippen LogP contribution in [0, 0.1) is 0 Å². The van der Waals surface area contributed by atoms with Crippen LogP contribution in [0.2, 0.25) is 0 Å². The highest BCUT2D eigenvalue weighted by Gasteiger charge is 2.56. The minimum atomic E-state index is -0.535. The van der Waals surface area contributed by atoms with Gasteiger partial charge in [-0.1, -0.05) is 6.07 Å². The van der Waals surface area contributed by atoms with Crippen molar-refractivity contribution in [3.63, 3.8) is 0 Å². The average Bonchev–Trinajstić information content (AvgIpc) is 3.24. The molecule has 1 spiro atoms. The van der Waals surface area contributed by atoms with Crippen molar-refractivity contribution in [1.29, 1.82) is 0 Å². The fourth-order valence-electron chi connectivity index (χ4n) is 4.77. The molecule has 6 heteroatoms. The van der Waals surface area contributed by atoms with Crippen LogP contribution in [0.15, 0.2) is 18.2 Å². The predicted octanol–water partition coefficient (Wildman–Crippen LogP) is 3.42. The minimum absolute atomic E-state index is 0.0574. The Labute approximate surface area is 154 Å². The van der Waals surface area contributed by atoms with Crippen molar-refractivity contribution in [2.45, 2.75) is 69.6 Å². The first kappa shape index (κ1) is 17.5. The molecule has 142 valence electrons. The number of aliphatic hydroxyl groups is 1. The Morgan fingerprint density at radius 3 is 2.85 bits per heavy atom. The first-order valence-electron chi connectivity index (χ1n) is 9.37. The highest BCUT2D eigenvalue weighted by Crippen LogP contribution is 2.53. The van der Waals surface area contributed by atoms with E-state index in [2.05, 4.69) is 0 Å². The molecule has 1 amide bonds. The summed E-state index contributed by atoms with van der Waals surface area (Å²) < 4.78 is 16.6. The van der Waals surface area contributed by atoms with E-state index in [1.165, 1.54) is 0 Å². The van der Waals surface area contributed by atoms with Crippen molar-refractivity contribution in [3.05, 3.63) is 23.8 Å². The number of carbonyl (C=O) groups is 1. The first-order chi connectivity index (χ1) is 12.3. The third-order valence-electron chi connectivity index (χ3n) is 5.69. The van der Waals surface area contributed by atoms with Gasteiger partial charge in [-0.3, -0.25) is 0 Å². The molecular formula is C20H27NO5. The Morgan fingerprint density at radius 2 is 2.08 bits per heavy atom. The molecule has 6 nitrogen and oxygen atoms in total. The van der Waals surface area contributed by atoms with Gasteiger partial charge in [-0.05, 0) is 64.2 Å². The second-order valence-corrected chi connectivity index (χ2v) is 8.60. The van der Waals surface area contributed by atoms with Gasteiger partial charge in [0.05, 0.1) is 11.6 Å². The zero-order valence-electron chi connectivity index (χ0n) is 15.7. The molecule has 0 radical (unpaired) electrons. The van der Waals surface area contributed by atoms with E-state index < -0.39 is 17.2 Å². The monoisotopic (exact) mass is 361 g/mol. The molecule has 1 aromatic rings. The second-order valence-electron chi connectivity index (χ2n) is 8.60. The van der Waals surface area contributed by atoms with Crippen LogP contribution in [0.1, 0.15) is 57.9 Å². The summed E-state index contributed by atoms with van der Waals surface area (Å²) in [7, 11) is 0. The maximum atomic E-state index is 12.9. The van der Waals surface area contributed by atoms with Crippen LogP contribution in [0.25, 0.3) is 0 Å². The molecule has 2 heterocycles. The molecule has 0 unspecified atom stereocenters. The van der Waals surface area contributed by atoms with Gasteiger partial charge in [0.2, 0.25) is 6.79 Å². The summed E-state index contributed by atoms with van der Waals surface area (Å²) in [6.07, 6.45) is 2.32. The van der Waals surface area contributed by atoms with Crippen LogP contribution in [-0.4, -0.2) is 46.7 Å². The number of rotatable bonds is 1. The van der Waals surface area contributed by atoms with E-state index in [4.69, 9.17) is 14.2 Å². The van der Waals surface area contributed by atoms with Gasteiger partial charge in [0.15, 0.2) is 11.5 Å². The second kappa shape index (κ2) is 6.05. The molecule has 26 heavy (non-hydrogen) atoms. The lowest BCUT2D eigenvalue weighted by Crippen LogP contribution is -2.50. The lowest BCUT2D eigenvalue weighted by molar-refractivity contribution is 0.00400. The number of aliphatic hydroxyl groups excluding tert-OH is 1. The van der Waals surface area contributed by atoms with Crippen LogP contribution in [0.5, 0.6) is 11.5 Å². The number of fused-ring (bicyclic) bond motifs is 1. The zero-order chi connectivity index (χ0) is 18.5. The summed E-state index contributed by atoms with van der Waals surface area (Å²) in [4.78, 5) is 14.7. The molecule has 1 aliphatic carbocycles. The van der Waals surface area contributed by atoms with Crippen molar-refractivity contribution in [1.82, 2.24) is 4.90 Å². The van der Waals surface area contributed by atoms with E-state index in [1.54, 1.807) is 0 Å². The Balaban J connectivity index is 1.67. The average molecular weight is 361 g/mol. The van der Waals surface area contributed by atoms with Crippen molar-refractivity contribution in [3.8, 4) is 11.5 Å². The quantitative estimate of drug-likeness (QED) is 0.830. The van der Waals surface area contributed by atoms with Crippen LogP contribution in [0.3, 0.4) is 0 Å². The lowest BCUT2D eigenvalue weighted by atomic mass is 9.80. The maximum absolute atomic E-state index is 12.9. The summed E-state index contributed by atoms with van der Waals surface area (Å²) in [5, 5.41) is 10.5. The molecule has 0 aromatic heterocycles. The minimum Gasteiger partial charge on any atom is -0.454 e. The fraction of sp³-hybridized carbons (Fsp3) is 0.650. The van der Waals surface area contributed by atoms with Crippen molar-refractivity contribution < 1.29 is 24.1 Å². The van der Waals surface area contributed by atoms with Crippen LogP contribution >= 0.6 is 0 Å². The Bertz CT molecular complexity index is 713. The van der Waals surface area contributed by atoms with Crippen LogP contribution < -0.4 is 9.47 Å². The van der Waals surface area contributed by atoms with Crippen LogP contribution in [0.4, 0.5) is 4.79 Å². The van der Waals surface area contributed by atoms with Gasteiger partial charge in [0, 0.05) is 12.5 Å². The Morgan fingerprint density at radius 1 is 1.31 bits per heavy atom. The SMILES string of the molecule is CC(C)(C)OC(=O)N1CCC[C@@]12C[C@@H](O)C[C@H]2c1ccc2c(c1)OCO2. The van der Waals surface area contributed by atoms with E-state index in [0.717, 1.165) is 29.9 Å². The summed E-state index contributed by atoms with van der Waals surface area (Å²) >= 11 is 0. The summed E-state index contributed by atoms with van der Waals surface area (Å²) in [5.74, 6) is 1.54. The third-order valence-corrected chi connectivity index (χ3v) is 5.69. The molecule has 1 aromatic carbocycles. The van der Waals surface area contributed by atoms with E-state index in [-0.39, 0.29) is 18.8 Å². The van der Waals surface area contributed by atoms with Gasteiger partial charge >= 0.3 is 6.09 Å².